The molecule has 2 N–H and O–H groups in total. The van der Waals surface area contributed by atoms with Crippen LogP contribution in [-0.2, 0) is 6.54 Å². The first kappa shape index (κ1) is 26.0. The van der Waals surface area contributed by atoms with Gasteiger partial charge in [0.2, 0.25) is 0 Å². The van der Waals surface area contributed by atoms with Crippen LogP contribution in [0.5, 0.6) is 17.2 Å². The molecule has 6 heteroatoms. The summed E-state index contributed by atoms with van der Waals surface area (Å²) in [5.41, 5.74) is 2.90. The summed E-state index contributed by atoms with van der Waals surface area (Å²) in [5.74, 6) is -0.0148. The number of ether oxygens (including phenoxy) is 1. The van der Waals surface area contributed by atoms with Crippen molar-refractivity contribution >= 4 is 17.6 Å². The van der Waals surface area contributed by atoms with Crippen LogP contribution in [0.2, 0.25) is 0 Å². The number of anilines is 1. The van der Waals surface area contributed by atoms with Crippen molar-refractivity contribution in [3.8, 4) is 17.2 Å². The molecule has 4 aromatic carbocycles. The van der Waals surface area contributed by atoms with Gasteiger partial charge in [-0.05, 0) is 78.4 Å². The lowest BCUT2D eigenvalue weighted by atomic mass is 9.84. The first-order chi connectivity index (χ1) is 19.0. The van der Waals surface area contributed by atoms with E-state index >= 15 is 0 Å². The number of phenols is 1. The fourth-order valence-corrected chi connectivity index (χ4v) is 5.11. The summed E-state index contributed by atoms with van der Waals surface area (Å²) in [6.45, 7) is 0.262. The summed E-state index contributed by atoms with van der Waals surface area (Å²) < 4.78 is 5.85. The summed E-state index contributed by atoms with van der Waals surface area (Å²) in [6.07, 6.45) is 6.25. The zero-order valence-corrected chi connectivity index (χ0v) is 21.6. The molecule has 1 aliphatic rings. The first-order valence-electron chi connectivity index (χ1n) is 13.3. The van der Waals surface area contributed by atoms with Crippen LogP contribution in [0, 0.1) is 0 Å². The number of carboxylic acids is 1. The average molecular weight is 522 g/mol. The molecule has 0 atom stereocenters. The second kappa shape index (κ2) is 11.9. The van der Waals surface area contributed by atoms with Crippen LogP contribution >= 0.6 is 0 Å². The predicted molar refractivity (Wildman–Crippen MR) is 151 cm³/mol. The van der Waals surface area contributed by atoms with Crippen molar-refractivity contribution in [2.45, 2.75) is 44.6 Å². The lowest BCUT2D eigenvalue weighted by molar-refractivity contribution is 0.0693. The van der Waals surface area contributed by atoms with E-state index < -0.39 is 11.7 Å². The Bertz CT molecular complexity index is 1430. The third kappa shape index (κ3) is 6.29. The number of para-hydroxylation sites is 1. The minimum Gasteiger partial charge on any atom is -0.507 e. The molecule has 4 aromatic rings. The fraction of sp³-hybridized carbons (Fsp3) is 0.212. The highest BCUT2D eigenvalue weighted by Gasteiger charge is 2.22. The number of aromatic carboxylic acids is 1. The maximum Gasteiger partial charge on any atom is 0.339 e. The van der Waals surface area contributed by atoms with Gasteiger partial charge in [0.1, 0.15) is 22.8 Å². The van der Waals surface area contributed by atoms with Crippen molar-refractivity contribution < 1.29 is 24.5 Å². The van der Waals surface area contributed by atoms with Crippen LogP contribution in [0.25, 0.3) is 0 Å². The highest BCUT2D eigenvalue weighted by molar-refractivity contribution is 6.06. The maximum atomic E-state index is 13.8. The van der Waals surface area contributed by atoms with Gasteiger partial charge in [-0.2, -0.15) is 0 Å². The van der Waals surface area contributed by atoms with Crippen molar-refractivity contribution in [2.75, 3.05) is 4.90 Å². The van der Waals surface area contributed by atoms with E-state index in [1.54, 1.807) is 35.2 Å². The smallest absolute Gasteiger partial charge is 0.339 e. The van der Waals surface area contributed by atoms with Gasteiger partial charge in [0.05, 0.1) is 6.54 Å². The van der Waals surface area contributed by atoms with Gasteiger partial charge in [-0.15, -0.1) is 0 Å². The molecule has 0 bridgehead atoms. The van der Waals surface area contributed by atoms with Gasteiger partial charge < -0.3 is 19.8 Å². The molecule has 0 spiro atoms. The molecule has 39 heavy (non-hydrogen) atoms. The van der Waals surface area contributed by atoms with E-state index in [0.29, 0.717) is 28.7 Å². The van der Waals surface area contributed by atoms with E-state index in [0.717, 1.165) is 5.56 Å². The van der Waals surface area contributed by atoms with Crippen molar-refractivity contribution in [1.82, 2.24) is 0 Å². The molecule has 0 aliphatic heterocycles. The third-order valence-electron chi connectivity index (χ3n) is 7.25. The van der Waals surface area contributed by atoms with Gasteiger partial charge in [-0.3, -0.25) is 4.79 Å². The fourth-order valence-electron chi connectivity index (χ4n) is 5.11. The van der Waals surface area contributed by atoms with E-state index in [9.17, 15) is 19.8 Å². The molecule has 1 fully saturated rings. The number of amides is 1. The molecule has 0 unspecified atom stereocenters. The number of benzene rings is 4. The van der Waals surface area contributed by atoms with Crippen LogP contribution in [-0.4, -0.2) is 22.1 Å². The van der Waals surface area contributed by atoms with Gasteiger partial charge in [-0.25, -0.2) is 4.79 Å². The molecule has 5 rings (SSSR count). The molecule has 1 aliphatic carbocycles. The van der Waals surface area contributed by atoms with Gasteiger partial charge in [-0.1, -0.05) is 61.7 Å². The molecule has 1 amide bonds. The monoisotopic (exact) mass is 521 g/mol. The van der Waals surface area contributed by atoms with Gasteiger partial charge >= 0.3 is 5.97 Å². The molecule has 0 saturated heterocycles. The van der Waals surface area contributed by atoms with Crippen LogP contribution in [0.3, 0.4) is 0 Å². The maximum absolute atomic E-state index is 13.8. The summed E-state index contributed by atoms with van der Waals surface area (Å²) in [5, 5.41) is 19.7. The Kier molecular flexibility index (Phi) is 7.92. The molecule has 6 nitrogen and oxygen atoms in total. The normalized spacial score (nSPS) is 13.5. The molecular formula is C33H31NO5. The van der Waals surface area contributed by atoms with E-state index in [1.807, 2.05) is 42.5 Å². The number of nitrogens with zero attached hydrogens (tertiary/aromatic N) is 1. The summed E-state index contributed by atoms with van der Waals surface area (Å²) in [4.78, 5) is 26.7. The van der Waals surface area contributed by atoms with Crippen LogP contribution in [0.15, 0.2) is 97.1 Å². The number of hydrogen-bond donors (Lipinski definition) is 2. The Morgan fingerprint density at radius 1 is 0.795 bits per heavy atom. The van der Waals surface area contributed by atoms with E-state index in [1.165, 1.54) is 49.8 Å². The number of carbonyl (C=O) groups is 2. The number of rotatable bonds is 8. The van der Waals surface area contributed by atoms with E-state index in [2.05, 4.69) is 12.1 Å². The number of hydrogen-bond acceptors (Lipinski definition) is 4. The van der Waals surface area contributed by atoms with Gasteiger partial charge in [0.15, 0.2) is 0 Å². The van der Waals surface area contributed by atoms with Crippen molar-refractivity contribution in [3.05, 3.63) is 119 Å². The third-order valence-corrected chi connectivity index (χ3v) is 7.25. The molecule has 0 aromatic heterocycles. The van der Waals surface area contributed by atoms with Crippen molar-refractivity contribution in [1.29, 1.82) is 0 Å². The van der Waals surface area contributed by atoms with Gasteiger partial charge in [0, 0.05) is 17.3 Å². The van der Waals surface area contributed by atoms with E-state index in [4.69, 9.17) is 4.74 Å². The number of aromatic hydroxyl groups is 1. The predicted octanol–water partition coefficient (Wildman–Crippen LogP) is 7.78. The lowest BCUT2D eigenvalue weighted by Crippen LogP contribution is -2.30. The minimum atomic E-state index is -1.23. The van der Waals surface area contributed by atoms with E-state index in [-0.39, 0.29) is 18.0 Å². The Hall–Kier alpha value is -4.58. The Balaban J connectivity index is 1.40. The van der Waals surface area contributed by atoms with Gasteiger partial charge in [0.25, 0.3) is 5.91 Å². The van der Waals surface area contributed by atoms with Crippen molar-refractivity contribution in [2.24, 2.45) is 0 Å². The second-order valence-corrected chi connectivity index (χ2v) is 9.91. The highest BCUT2D eigenvalue weighted by atomic mass is 16.5. The Labute approximate surface area is 228 Å². The second-order valence-electron chi connectivity index (χ2n) is 9.91. The molecule has 1 saturated carbocycles. The molecule has 198 valence electrons. The Morgan fingerprint density at radius 3 is 2.10 bits per heavy atom. The zero-order valence-electron chi connectivity index (χ0n) is 21.6. The lowest BCUT2D eigenvalue weighted by Gasteiger charge is -2.25. The molecule has 0 heterocycles. The topological polar surface area (TPSA) is 87.1 Å². The SMILES string of the molecule is O=C(O)c1ccc(N(Cc2ccc(C3CCCCC3)cc2)C(=O)c2ccc(Oc3ccccc3)cc2)cc1O. The first-order valence-corrected chi connectivity index (χ1v) is 13.3. The largest absolute Gasteiger partial charge is 0.507 e. The number of carboxylic acid groups (broad SMARTS) is 1. The van der Waals surface area contributed by atoms with Crippen molar-refractivity contribution in [3.63, 3.8) is 0 Å². The summed E-state index contributed by atoms with van der Waals surface area (Å²) >= 11 is 0. The van der Waals surface area contributed by atoms with Crippen LogP contribution < -0.4 is 9.64 Å². The average Bonchev–Trinajstić information content (AvgIpc) is 2.97. The standard InChI is InChI=1S/C33H31NO5/c35-31-21-27(17-20-30(31)33(37)38)34(22-23-11-13-25(14-12-23)24-7-3-1-4-8-24)32(36)26-15-18-29(19-16-26)39-28-9-5-2-6-10-28/h2,5-6,9-21,24,35H,1,3-4,7-8,22H2,(H,37,38). The van der Waals surface area contributed by atoms with Crippen LogP contribution in [0.4, 0.5) is 5.69 Å². The minimum absolute atomic E-state index is 0.217. The zero-order chi connectivity index (χ0) is 27.2. The molecule has 0 radical (unpaired) electrons. The molecular weight excluding hydrogens is 490 g/mol. The number of carbonyl (C=O) groups excluding carboxylic acids is 1. The quantitative estimate of drug-likeness (QED) is 0.247. The summed E-state index contributed by atoms with van der Waals surface area (Å²) in [7, 11) is 0. The van der Waals surface area contributed by atoms with Crippen LogP contribution in [0.1, 0.15) is 69.9 Å². The highest BCUT2D eigenvalue weighted by Crippen LogP contribution is 2.33. The Morgan fingerprint density at radius 2 is 1.46 bits per heavy atom. The summed E-state index contributed by atoms with van der Waals surface area (Å²) in [6, 6.07) is 28.8.